The van der Waals surface area contributed by atoms with Crippen LogP contribution in [0, 0.1) is 28.9 Å². The number of rotatable bonds is 9. The molecule has 1 aromatic carbocycles. The monoisotopic (exact) mass is 512 g/mol. The molecule has 1 unspecified atom stereocenters. The number of alkyl carbamates (subject to hydrolysis) is 1. The number of allylic oxidation sites excluding steroid dienone is 1. The van der Waals surface area contributed by atoms with Crippen molar-refractivity contribution in [2.24, 2.45) is 10.9 Å². The van der Waals surface area contributed by atoms with Gasteiger partial charge in [0, 0.05) is 29.5 Å². The fourth-order valence-corrected chi connectivity index (χ4v) is 4.03. The normalized spacial score (nSPS) is 13.5. The number of hydrogen-bond acceptors (Lipinski definition) is 6. The summed E-state index contributed by atoms with van der Waals surface area (Å²) in [7, 11) is 0. The van der Waals surface area contributed by atoms with E-state index in [9.17, 15) is 18.8 Å². The fraction of sp³-hybridized carbons (Fsp3) is 0.429. The van der Waals surface area contributed by atoms with Gasteiger partial charge in [-0.25, -0.2) is 18.6 Å². The summed E-state index contributed by atoms with van der Waals surface area (Å²) in [5.41, 5.74) is -0.502. The van der Waals surface area contributed by atoms with Crippen LogP contribution in [0.2, 0.25) is 0 Å². The third-order valence-electron chi connectivity index (χ3n) is 5.23. The first-order valence-corrected chi connectivity index (χ1v) is 11.9. The number of halogens is 2. The summed E-state index contributed by atoms with van der Waals surface area (Å²) in [5, 5.41) is 12.7. The third kappa shape index (κ3) is 8.10. The quantitative estimate of drug-likeness (QED) is 0.376. The maximum absolute atomic E-state index is 14.7. The number of nitrogens with zero attached hydrogens (tertiary/aromatic N) is 3. The number of pyridine rings is 1. The zero-order valence-corrected chi connectivity index (χ0v) is 22.4. The van der Waals surface area contributed by atoms with Crippen molar-refractivity contribution in [1.29, 1.82) is 5.26 Å². The number of aromatic nitrogens is 1. The second kappa shape index (κ2) is 12.0. The van der Waals surface area contributed by atoms with Gasteiger partial charge in [0.05, 0.1) is 11.2 Å². The van der Waals surface area contributed by atoms with E-state index in [1.165, 1.54) is 12.3 Å². The molecule has 7 nitrogen and oxygen atoms in total. The number of aliphatic imine (C=N–C) groups is 1. The molecule has 0 radical (unpaired) electrons. The number of benzene rings is 1. The predicted molar refractivity (Wildman–Crippen MR) is 140 cm³/mol. The molecule has 37 heavy (non-hydrogen) atoms. The first kappa shape index (κ1) is 29.4. The van der Waals surface area contributed by atoms with Crippen LogP contribution in [0.5, 0.6) is 5.88 Å². The van der Waals surface area contributed by atoms with Crippen molar-refractivity contribution in [3.8, 4) is 11.9 Å². The molecule has 1 N–H and O–H groups in total. The van der Waals surface area contributed by atoms with Gasteiger partial charge in [0.25, 0.3) is 0 Å². The van der Waals surface area contributed by atoms with Crippen LogP contribution in [-0.4, -0.2) is 35.5 Å². The number of hydrogen-bond donors (Lipinski definition) is 1. The second-order valence-electron chi connectivity index (χ2n) is 10.4. The van der Waals surface area contributed by atoms with E-state index in [1.54, 1.807) is 33.8 Å². The Bertz CT molecular complexity index is 1230. The summed E-state index contributed by atoms with van der Waals surface area (Å²) in [6.07, 6.45) is 3.06. The number of amides is 1. The van der Waals surface area contributed by atoms with Gasteiger partial charge in [0.2, 0.25) is 5.88 Å². The van der Waals surface area contributed by atoms with E-state index >= 15 is 0 Å². The zero-order chi connectivity index (χ0) is 28.0. The van der Waals surface area contributed by atoms with Crippen LogP contribution >= 0.6 is 0 Å². The summed E-state index contributed by atoms with van der Waals surface area (Å²) in [5.74, 6) is -1.30. The van der Waals surface area contributed by atoms with Crippen LogP contribution in [0.15, 0.2) is 35.5 Å². The highest BCUT2D eigenvalue weighted by molar-refractivity contribution is 5.86. The molecule has 0 aliphatic carbocycles. The highest BCUT2D eigenvalue weighted by Crippen LogP contribution is 2.35. The molecule has 1 amide bonds. The number of nitriles is 1. The van der Waals surface area contributed by atoms with Gasteiger partial charge in [-0.2, -0.15) is 5.26 Å². The van der Waals surface area contributed by atoms with Gasteiger partial charge >= 0.3 is 6.09 Å². The van der Waals surface area contributed by atoms with Crippen LogP contribution in [0.25, 0.3) is 5.57 Å². The topological polar surface area (TPSA) is 96.6 Å². The van der Waals surface area contributed by atoms with Crippen molar-refractivity contribution in [1.82, 2.24) is 10.3 Å². The predicted octanol–water partition coefficient (Wildman–Crippen LogP) is 6.72. The summed E-state index contributed by atoms with van der Waals surface area (Å²) in [6.45, 7) is 16.3. The lowest BCUT2D eigenvalue weighted by atomic mass is 9.91. The summed E-state index contributed by atoms with van der Waals surface area (Å²) in [6, 6.07) is 5.40. The zero-order valence-electron chi connectivity index (χ0n) is 22.4. The molecule has 0 aliphatic rings. The highest BCUT2D eigenvalue weighted by Gasteiger charge is 2.31. The van der Waals surface area contributed by atoms with Gasteiger partial charge in [-0.1, -0.05) is 19.9 Å². The molecule has 9 heteroatoms. The van der Waals surface area contributed by atoms with Gasteiger partial charge < -0.3 is 14.8 Å². The number of carbonyl (C=O) groups is 1. The maximum Gasteiger partial charge on any atom is 0.408 e. The summed E-state index contributed by atoms with van der Waals surface area (Å²) < 4.78 is 39.7. The summed E-state index contributed by atoms with van der Waals surface area (Å²) >= 11 is 0. The van der Waals surface area contributed by atoms with Crippen molar-refractivity contribution in [2.45, 2.75) is 66.0 Å². The summed E-state index contributed by atoms with van der Waals surface area (Å²) in [4.78, 5) is 20.5. The molecule has 0 saturated heterocycles. The van der Waals surface area contributed by atoms with Crippen LogP contribution in [0.1, 0.15) is 71.6 Å². The molecule has 2 aromatic rings. The van der Waals surface area contributed by atoms with Gasteiger partial charge in [0.1, 0.15) is 35.5 Å². The average molecular weight is 513 g/mol. The molecule has 1 atom stereocenters. The van der Waals surface area contributed by atoms with Gasteiger partial charge in [-0.15, -0.1) is 0 Å². The number of carbonyl (C=O) groups excluding carboxylic acids is 1. The lowest BCUT2D eigenvalue weighted by Crippen LogP contribution is -2.52. The SMILES string of the molecule is C=Nc1cc(F)cc(F)c1/C(=C\C)c1cnc(OCC(C)(CC(C)C)NC(=O)OC(C)(C)C)c(C#N)c1. The minimum atomic E-state index is -0.813. The van der Waals surface area contributed by atoms with Crippen molar-refractivity contribution in [2.75, 3.05) is 6.61 Å². The Balaban J connectivity index is 2.37. The first-order chi connectivity index (χ1) is 17.2. The van der Waals surface area contributed by atoms with Crippen LogP contribution < -0.4 is 10.1 Å². The van der Waals surface area contributed by atoms with E-state index < -0.39 is 28.9 Å². The molecule has 198 valence electrons. The molecule has 1 aromatic heterocycles. The largest absolute Gasteiger partial charge is 0.474 e. The van der Waals surface area contributed by atoms with E-state index in [1.807, 2.05) is 20.8 Å². The van der Waals surface area contributed by atoms with Crippen LogP contribution in [0.3, 0.4) is 0 Å². The van der Waals surface area contributed by atoms with Crippen LogP contribution in [0.4, 0.5) is 19.3 Å². The Hall–Kier alpha value is -3.80. The second-order valence-corrected chi connectivity index (χ2v) is 10.4. The Morgan fingerprint density at radius 2 is 1.95 bits per heavy atom. The average Bonchev–Trinajstić information content (AvgIpc) is 2.77. The van der Waals surface area contributed by atoms with E-state index in [4.69, 9.17) is 9.47 Å². The Morgan fingerprint density at radius 3 is 2.49 bits per heavy atom. The lowest BCUT2D eigenvalue weighted by Gasteiger charge is -2.33. The standard InChI is InChI=1S/C28H34F2N4O3/c1-9-21(24-22(30)11-20(29)12-23(24)32-8)19-10-18(14-31)25(33-15-19)36-16-28(7,13-17(2)3)34-26(35)37-27(4,5)6/h9-12,15,17H,8,13,16H2,1-7H3,(H,34,35)/b21-9-. The lowest BCUT2D eigenvalue weighted by molar-refractivity contribution is 0.0405. The van der Waals surface area contributed by atoms with E-state index in [0.717, 1.165) is 12.1 Å². The molecular formula is C28H34F2N4O3. The van der Waals surface area contributed by atoms with E-state index in [-0.39, 0.29) is 35.2 Å². The molecule has 0 saturated carbocycles. The number of nitrogens with one attached hydrogen (secondary N) is 1. The molecule has 0 spiro atoms. The van der Waals surface area contributed by atoms with Crippen LogP contribution in [-0.2, 0) is 4.74 Å². The number of ether oxygens (including phenoxy) is 2. The Morgan fingerprint density at radius 1 is 1.27 bits per heavy atom. The van der Waals surface area contributed by atoms with Crippen molar-refractivity contribution in [3.05, 3.63) is 58.8 Å². The fourth-order valence-electron chi connectivity index (χ4n) is 4.03. The Kier molecular flexibility index (Phi) is 9.51. The minimum Gasteiger partial charge on any atom is -0.474 e. The molecule has 0 bridgehead atoms. The molecule has 0 fully saturated rings. The molecule has 1 heterocycles. The highest BCUT2D eigenvalue weighted by atomic mass is 19.1. The Labute approximate surface area is 217 Å². The molecule has 0 aliphatic heterocycles. The van der Waals surface area contributed by atoms with Gasteiger partial charge in [-0.3, -0.25) is 4.99 Å². The minimum absolute atomic E-state index is 0.0268. The molecular weight excluding hydrogens is 478 g/mol. The first-order valence-electron chi connectivity index (χ1n) is 11.9. The van der Waals surface area contributed by atoms with Gasteiger partial charge in [0.15, 0.2) is 0 Å². The van der Waals surface area contributed by atoms with Gasteiger partial charge in [-0.05, 0) is 65.3 Å². The molecule has 2 rings (SSSR count). The smallest absolute Gasteiger partial charge is 0.408 e. The van der Waals surface area contributed by atoms with E-state index in [0.29, 0.717) is 17.6 Å². The van der Waals surface area contributed by atoms with Crippen molar-refractivity contribution in [3.63, 3.8) is 0 Å². The van der Waals surface area contributed by atoms with Crippen molar-refractivity contribution >= 4 is 24.1 Å². The maximum atomic E-state index is 14.7. The van der Waals surface area contributed by atoms with Crippen molar-refractivity contribution < 1.29 is 23.0 Å². The third-order valence-corrected chi connectivity index (χ3v) is 5.23. The van der Waals surface area contributed by atoms with E-state index in [2.05, 4.69) is 28.1 Å².